The molecule has 106 valence electrons. The molecule has 0 aliphatic rings. The minimum Gasteiger partial charge on any atom is -0.385 e. The molecule has 4 N–H and O–H groups in total. The normalized spacial score (nSPS) is 11.1. The first-order chi connectivity index (χ1) is 8.93. The van der Waals surface area contributed by atoms with E-state index in [1.165, 1.54) is 12.1 Å². The van der Waals surface area contributed by atoms with Crippen LogP contribution < -0.4 is 15.8 Å². The maximum atomic E-state index is 11.1. The lowest BCUT2D eigenvalue weighted by molar-refractivity contribution is 0.196. The molecule has 8 heteroatoms. The van der Waals surface area contributed by atoms with Crippen LogP contribution in [-0.2, 0) is 14.8 Å². The fourth-order valence-electron chi connectivity index (χ4n) is 1.32. The summed E-state index contributed by atoms with van der Waals surface area (Å²) in [5, 5.41) is 11.4. The molecule has 0 spiro atoms. The third kappa shape index (κ3) is 5.97. The average Bonchev–Trinajstić information content (AvgIpc) is 2.34. The summed E-state index contributed by atoms with van der Waals surface area (Å²) in [4.78, 5) is 0.0667. The van der Waals surface area contributed by atoms with Gasteiger partial charge in [0.2, 0.25) is 10.0 Å². The Morgan fingerprint density at radius 3 is 2.53 bits per heavy atom. The second-order valence-corrected chi connectivity index (χ2v) is 5.77. The maximum absolute atomic E-state index is 11.1. The Hall–Kier alpha value is -1.22. The minimum atomic E-state index is -3.66. The van der Waals surface area contributed by atoms with Crippen LogP contribution >= 0.6 is 12.2 Å². The summed E-state index contributed by atoms with van der Waals surface area (Å²) in [5.41, 5.74) is 0.691. The summed E-state index contributed by atoms with van der Waals surface area (Å²) >= 11 is 5.09. The van der Waals surface area contributed by atoms with Crippen molar-refractivity contribution in [1.29, 1.82) is 0 Å². The SMILES string of the molecule is COCCCNC(=S)Nc1ccc(S(N)(=O)=O)cc1. The van der Waals surface area contributed by atoms with Crippen LogP contribution in [0, 0.1) is 0 Å². The van der Waals surface area contributed by atoms with Gasteiger partial charge >= 0.3 is 0 Å². The van der Waals surface area contributed by atoms with E-state index in [9.17, 15) is 8.42 Å². The van der Waals surface area contributed by atoms with Crippen molar-refractivity contribution in [3.63, 3.8) is 0 Å². The van der Waals surface area contributed by atoms with Gasteiger partial charge in [-0.05, 0) is 42.9 Å². The zero-order valence-corrected chi connectivity index (χ0v) is 12.2. The van der Waals surface area contributed by atoms with Crippen LogP contribution in [0.4, 0.5) is 5.69 Å². The molecular weight excluding hydrogens is 286 g/mol. The van der Waals surface area contributed by atoms with Gasteiger partial charge in [0.25, 0.3) is 0 Å². The summed E-state index contributed by atoms with van der Waals surface area (Å²) in [6, 6.07) is 6.04. The fourth-order valence-corrected chi connectivity index (χ4v) is 2.06. The van der Waals surface area contributed by atoms with Crippen molar-refractivity contribution < 1.29 is 13.2 Å². The Labute approximate surface area is 118 Å². The molecule has 19 heavy (non-hydrogen) atoms. The zero-order chi connectivity index (χ0) is 14.3. The van der Waals surface area contributed by atoms with E-state index >= 15 is 0 Å². The van der Waals surface area contributed by atoms with Gasteiger partial charge in [-0.3, -0.25) is 0 Å². The number of nitrogens with one attached hydrogen (secondary N) is 2. The van der Waals surface area contributed by atoms with Crippen LogP contribution in [0.15, 0.2) is 29.2 Å². The van der Waals surface area contributed by atoms with Gasteiger partial charge in [0.15, 0.2) is 5.11 Å². The molecule has 0 radical (unpaired) electrons. The largest absolute Gasteiger partial charge is 0.385 e. The van der Waals surface area contributed by atoms with Crippen LogP contribution in [0.1, 0.15) is 6.42 Å². The first-order valence-electron chi connectivity index (χ1n) is 5.60. The predicted octanol–water partition coefficient (Wildman–Crippen LogP) is 0.657. The van der Waals surface area contributed by atoms with E-state index in [4.69, 9.17) is 22.1 Å². The highest BCUT2D eigenvalue weighted by atomic mass is 32.2. The lowest BCUT2D eigenvalue weighted by Gasteiger charge is -2.10. The lowest BCUT2D eigenvalue weighted by atomic mass is 10.3. The van der Waals surface area contributed by atoms with Gasteiger partial charge in [0, 0.05) is 25.9 Å². The van der Waals surface area contributed by atoms with Crippen molar-refractivity contribution in [1.82, 2.24) is 5.32 Å². The van der Waals surface area contributed by atoms with E-state index in [1.54, 1.807) is 19.2 Å². The molecule has 6 nitrogen and oxygen atoms in total. The van der Waals surface area contributed by atoms with Crippen molar-refractivity contribution >= 4 is 33.0 Å². The molecule has 1 aromatic carbocycles. The molecule has 0 atom stereocenters. The highest BCUT2D eigenvalue weighted by molar-refractivity contribution is 7.89. The maximum Gasteiger partial charge on any atom is 0.238 e. The highest BCUT2D eigenvalue weighted by Gasteiger charge is 2.06. The fraction of sp³-hybridized carbons (Fsp3) is 0.364. The summed E-state index contributed by atoms with van der Waals surface area (Å²) in [6.45, 7) is 1.37. The van der Waals surface area contributed by atoms with Gasteiger partial charge in [0.05, 0.1) is 4.90 Å². The topological polar surface area (TPSA) is 93.4 Å². The number of methoxy groups -OCH3 is 1. The molecule has 0 saturated carbocycles. The molecule has 0 aromatic heterocycles. The summed E-state index contributed by atoms with van der Waals surface area (Å²) < 4.78 is 27.1. The number of primary sulfonamides is 1. The molecule has 1 rings (SSSR count). The van der Waals surface area contributed by atoms with E-state index in [0.29, 0.717) is 24.0 Å². The average molecular weight is 303 g/mol. The number of sulfonamides is 1. The van der Waals surface area contributed by atoms with Crippen molar-refractivity contribution in [2.75, 3.05) is 25.6 Å². The number of rotatable bonds is 6. The van der Waals surface area contributed by atoms with Crippen molar-refractivity contribution in [3.05, 3.63) is 24.3 Å². The summed E-state index contributed by atoms with van der Waals surface area (Å²) in [7, 11) is -2.02. The van der Waals surface area contributed by atoms with E-state index in [1.807, 2.05) is 0 Å². The predicted molar refractivity (Wildman–Crippen MR) is 78.5 cm³/mol. The van der Waals surface area contributed by atoms with Gasteiger partial charge in [-0.25, -0.2) is 13.6 Å². The summed E-state index contributed by atoms with van der Waals surface area (Å²) in [5.74, 6) is 0. The van der Waals surface area contributed by atoms with Crippen LogP contribution in [0.25, 0.3) is 0 Å². The number of nitrogens with two attached hydrogens (primary N) is 1. The Bertz CT molecular complexity index is 514. The molecule has 0 amide bonds. The van der Waals surface area contributed by atoms with Crippen LogP contribution in [0.2, 0.25) is 0 Å². The monoisotopic (exact) mass is 303 g/mol. The Balaban J connectivity index is 2.47. The van der Waals surface area contributed by atoms with Gasteiger partial charge < -0.3 is 15.4 Å². The third-order valence-electron chi connectivity index (χ3n) is 2.25. The van der Waals surface area contributed by atoms with Gasteiger partial charge in [-0.1, -0.05) is 0 Å². The standard InChI is InChI=1S/C11H17N3O3S2/c1-17-8-2-7-13-11(18)14-9-3-5-10(6-4-9)19(12,15)16/h3-6H,2,7-8H2,1H3,(H2,12,15,16)(H2,13,14,18). The number of anilines is 1. The zero-order valence-electron chi connectivity index (χ0n) is 10.5. The van der Waals surface area contributed by atoms with Crippen LogP contribution in [0.5, 0.6) is 0 Å². The Morgan fingerprint density at radius 1 is 1.37 bits per heavy atom. The molecule has 0 fully saturated rings. The summed E-state index contributed by atoms with van der Waals surface area (Å²) in [6.07, 6.45) is 0.850. The number of hydrogen-bond acceptors (Lipinski definition) is 4. The Kier molecular flexibility index (Phi) is 6.16. The lowest BCUT2D eigenvalue weighted by Crippen LogP contribution is -2.29. The number of ether oxygens (including phenoxy) is 1. The van der Waals surface area contributed by atoms with Crippen LogP contribution in [0.3, 0.4) is 0 Å². The van der Waals surface area contributed by atoms with Crippen molar-refractivity contribution in [2.24, 2.45) is 5.14 Å². The van der Waals surface area contributed by atoms with E-state index in [0.717, 1.165) is 6.42 Å². The molecule has 0 saturated heterocycles. The number of benzene rings is 1. The molecule has 0 aliphatic heterocycles. The first kappa shape index (κ1) is 15.8. The number of hydrogen-bond donors (Lipinski definition) is 3. The van der Waals surface area contributed by atoms with E-state index < -0.39 is 10.0 Å². The molecular formula is C11H17N3O3S2. The smallest absolute Gasteiger partial charge is 0.238 e. The van der Waals surface area contributed by atoms with E-state index in [-0.39, 0.29) is 4.90 Å². The van der Waals surface area contributed by atoms with E-state index in [2.05, 4.69) is 10.6 Å². The highest BCUT2D eigenvalue weighted by Crippen LogP contribution is 2.12. The number of thiocarbonyl (C=S) groups is 1. The molecule has 0 aliphatic carbocycles. The van der Waals surface area contributed by atoms with Crippen molar-refractivity contribution in [2.45, 2.75) is 11.3 Å². The second-order valence-electron chi connectivity index (χ2n) is 3.80. The molecule has 1 aromatic rings. The molecule has 0 unspecified atom stereocenters. The van der Waals surface area contributed by atoms with Crippen LogP contribution in [-0.4, -0.2) is 33.8 Å². The third-order valence-corrected chi connectivity index (χ3v) is 3.43. The second kappa shape index (κ2) is 7.39. The first-order valence-corrected chi connectivity index (χ1v) is 7.55. The quantitative estimate of drug-likeness (QED) is 0.528. The van der Waals surface area contributed by atoms with Gasteiger partial charge in [0.1, 0.15) is 0 Å². The minimum absolute atomic E-state index is 0.0667. The van der Waals surface area contributed by atoms with Gasteiger partial charge in [-0.15, -0.1) is 0 Å². The Morgan fingerprint density at radius 2 is 2.00 bits per heavy atom. The molecule has 0 bridgehead atoms. The van der Waals surface area contributed by atoms with Gasteiger partial charge in [-0.2, -0.15) is 0 Å². The molecule has 0 heterocycles. The van der Waals surface area contributed by atoms with Crippen molar-refractivity contribution in [3.8, 4) is 0 Å².